The second-order valence-corrected chi connectivity index (χ2v) is 7.62. The molecule has 5 N–H and O–H groups in total. The molecule has 2 heterocycles. The smallest absolute Gasteiger partial charge is 0.407 e. The first-order valence-corrected chi connectivity index (χ1v) is 10.2. The van der Waals surface area contributed by atoms with Crippen molar-refractivity contribution in [2.75, 3.05) is 19.0 Å². The highest BCUT2D eigenvalue weighted by molar-refractivity contribution is 8.00. The normalized spacial score (nSPS) is 21.3. The third-order valence-electron chi connectivity index (χ3n) is 4.52. The number of carboxylic acids is 2. The largest absolute Gasteiger partial charge is 0.480 e. The molecule has 3 amide bonds. The van der Waals surface area contributed by atoms with Crippen molar-refractivity contribution in [1.82, 2.24) is 15.5 Å². The monoisotopic (exact) mass is 445 g/mol. The molecule has 2 aliphatic rings. The van der Waals surface area contributed by atoms with Gasteiger partial charge < -0.3 is 30.7 Å². The molecule has 13 heteroatoms. The molecule has 0 aliphatic carbocycles. The molecule has 0 radical (unpaired) electrons. The summed E-state index contributed by atoms with van der Waals surface area (Å²) < 4.78 is 4.63. The Morgan fingerprint density at radius 1 is 1.30 bits per heavy atom. The molecular formula is C17H23N3O9S. The van der Waals surface area contributed by atoms with Crippen molar-refractivity contribution >= 4 is 41.6 Å². The average molecular weight is 445 g/mol. The van der Waals surface area contributed by atoms with Crippen LogP contribution in [0, 0.1) is 0 Å². The van der Waals surface area contributed by atoms with Crippen LogP contribution in [0.15, 0.2) is 11.3 Å². The van der Waals surface area contributed by atoms with Gasteiger partial charge in [-0.1, -0.05) is 0 Å². The molecular weight excluding hydrogens is 422 g/mol. The Bertz CT molecular complexity index is 770. The third kappa shape index (κ3) is 5.21. The number of ether oxygens (including phenoxy) is 1. The zero-order valence-electron chi connectivity index (χ0n) is 16.1. The number of aliphatic hydroxyl groups is 1. The topological polar surface area (TPSA) is 183 Å². The van der Waals surface area contributed by atoms with Crippen molar-refractivity contribution in [3.8, 4) is 0 Å². The first-order valence-electron chi connectivity index (χ1n) is 9.17. The Morgan fingerprint density at radius 3 is 2.57 bits per heavy atom. The number of nitrogens with zero attached hydrogens (tertiary/aromatic N) is 1. The van der Waals surface area contributed by atoms with Gasteiger partial charge in [0.1, 0.15) is 23.2 Å². The van der Waals surface area contributed by atoms with Gasteiger partial charge in [0.2, 0.25) is 5.91 Å². The van der Waals surface area contributed by atoms with E-state index in [-0.39, 0.29) is 42.9 Å². The molecule has 2 aliphatic heterocycles. The van der Waals surface area contributed by atoms with Gasteiger partial charge in [0.25, 0.3) is 5.91 Å². The van der Waals surface area contributed by atoms with Crippen molar-refractivity contribution in [3.05, 3.63) is 11.3 Å². The molecule has 0 aromatic carbocycles. The van der Waals surface area contributed by atoms with E-state index in [1.165, 1.54) is 11.8 Å². The third-order valence-corrected chi connectivity index (χ3v) is 5.86. The maximum Gasteiger partial charge on any atom is 0.407 e. The number of hydrogen-bond donors (Lipinski definition) is 5. The van der Waals surface area contributed by atoms with Gasteiger partial charge in [0, 0.05) is 12.2 Å². The number of aliphatic hydroxyl groups excluding tert-OH is 1. The van der Waals surface area contributed by atoms with Crippen LogP contribution in [0.3, 0.4) is 0 Å². The maximum absolute atomic E-state index is 12.3. The van der Waals surface area contributed by atoms with Crippen LogP contribution in [0.25, 0.3) is 0 Å². The lowest BCUT2D eigenvalue weighted by molar-refractivity contribution is -0.150. The van der Waals surface area contributed by atoms with E-state index in [2.05, 4.69) is 15.4 Å². The number of carboxylic acid groups (broad SMARTS) is 2. The summed E-state index contributed by atoms with van der Waals surface area (Å²) in [5.41, 5.74) is -0.0261. The first kappa shape index (κ1) is 23.5. The fourth-order valence-electron chi connectivity index (χ4n) is 3.09. The van der Waals surface area contributed by atoms with Gasteiger partial charge in [-0.3, -0.25) is 14.5 Å². The summed E-state index contributed by atoms with van der Waals surface area (Å²) in [6, 6.07) is -2.11. The Labute approximate surface area is 175 Å². The highest BCUT2D eigenvalue weighted by Gasteiger charge is 2.54. The van der Waals surface area contributed by atoms with E-state index in [0.29, 0.717) is 0 Å². The maximum atomic E-state index is 12.3. The van der Waals surface area contributed by atoms with Gasteiger partial charge in [-0.2, -0.15) is 0 Å². The summed E-state index contributed by atoms with van der Waals surface area (Å²) in [7, 11) is 0. The number of carbonyl (C=O) groups is 5. The van der Waals surface area contributed by atoms with E-state index in [1.54, 1.807) is 6.92 Å². The fourth-order valence-corrected chi connectivity index (χ4v) is 4.42. The van der Waals surface area contributed by atoms with Gasteiger partial charge >= 0.3 is 18.0 Å². The average Bonchev–Trinajstić information content (AvgIpc) is 2.69. The molecule has 2 rings (SSSR count). The van der Waals surface area contributed by atoms with E-state index < -0.39 is 53.9 Å². The molecule has 3 atom stereocenters. The van der Waals surface area contributed by atoms with E-state index in [9.17, 15) is 34.2 Å². The van der Waals surface area contributed by atoms with Gasteiger partial charge in [-0.05, 0) is 25.3 Å². The summed E-state index contributed by atoms with van der Waals surface area (Å²) in [6.07, 6.45) is -0.838. The molecule has 0 aromatic rings. The van der Waals surface area contributed by atoms with E-state index in [0.717, 1.165) is 4.90 Å². The number of rotatable bonds is 10. The van der Waals surface area contributed by atoms with Crippen molar-refractivity contribution in [3.63, 3.8) is 0 Å². The quantitative estimate of drug-likeness (QED) is 0.264. The lowest BCUT2D eigenvalue weighted by atomic mass is 10.0. The van der Waals surface area contributed by atoms with Crippen LogP contribution >= 0.6 is 11.8 Å². The zero-order valence-corrected chi connectivity index (χ0v) is 16.9. The van der Waals surface area contributed by atoms with Crippen LogP contribution < -0.4 is 10.6 Å². The highest BCUT2D eigenvalue weighted by atomic mass is 32.2. The van der Waals surface area contributed by atoms with Crippen molar-refractivity contribution in [1.29, 1.82) is 0 Å². The molecule has 1 unspecified atom stereocenters. The number of aliphatic carboxylic acids is 2. The number of carbonyl (C=O) groups excluding carboxylic acids is 3. The predicted octanol–water partition coefficient (Wildman–Crippen LogP) is -0.913. The Kier molecular flexibility index (Phi) is 8.06. The summed E-state index contributed by atoms with van der Waals surface area (Å²) in [4.78, 5) is 59.5. The van der Waals surface area contributed by atoms with Crippen molar-refractivity contribution in [2.24, 2.45) is 0 Å². The number of hydrogen-bond acceptors (Lipinski definition) is 8. The molecule has 0 saturated carbocycles. The molecule has 1 fully saturated rings. The zero-order chi connectivity index (χ0) is 22.4. The summed E-state index contributed by atoms with van der Waals surface area (Å²) in [5, 5.41) is 31.9. The summed E-state index contributed by atoms with van der Waals surface area (Å²) >= 11 is 1.23. The summed E-state index contributed by atoms with van der Waals surface area (Å²) in [6.45, 7) is 1.19. The number of thioether (sulfide) groups is 1. The van der Waals surface area contributed by atoms with Crippen LogP contribution in [0.2, 0.25) is 0 Å². The lowest BCUT2D eigenvalue weighted by Gasteiger charge is -2.49. The molecule has 0 spiro atoms. The van der Waals surface area contributed by atoms with Gasteiger partial charge in [0.05, 0.1) is 13.2 Å². The standard InChI is InChI=1S/C17H23N3O9S/c1-2-29-17(28)18-9(15(24)25)4-3-5-10(22)19-11-13(23)20-12(16(26)27)8(6-21)7-30-14(11)20/h9,11,14,21H,2-7H2,1H3,(H,18,28)(H,19,22)(H,24,25)(H,26,27)/t9-,11?,14-/m1/s1. The van der Waals surface area contributed by atoms with Crippen LogP contribution in [-0.2, 0) is 23.9 Å². The highest BCUT2D eigenvalue weighted by Crippen LogP contribution is 2.40. The number of fused-ring (bicyclic) bond motifs is 1. The van der Waals surface area contributed by atoms with E-state index in [1.807, 2.05) is 0 Å². The molecule has 0 bridgehead atoms. The van der Waals surface area contributed by atoms with Gasteiger partial charge in [-0.15, -0.1) is 11.8 Å². The first-order chi connectivity index (χ1) is 14.2. The fraction of sp³-hybridized carbons (Fsp3) is 0.588. The number of alkyl carbamates (subject to hydrolysis) is 1. The number of amides is 3. The lowest BCUT2D eigenvalue weighted by Crippen LogP contribution is -2.70. The van der Waals surface area contributed by atoms with Crippen LogP contribution in [0.4, 0.5) is 4.79 Å². The number of β-lactam (4-membered cyclic amide) rings is 1. The van der Waals surface area contributed by atoms with E-state index >= 15 is 0 Å². The van der Waals surface area contributed by atoms with Crippen molar-refractivity contribution < 1.29 is 44.0 Å². The Balaban J connectivity index is 1.86. The molecule has 12 nitrogen and oxygen atoms in total. The second kappa shape index (κ2) is 10.3. The van der Waals surface area contributed by atoms with Crippen molar-refractivity contribution in [2.45, 2.75) is 43.6 Å². The van der Waals surface area contributed by atoms with E-state index in [4.69, 9.17) is 5.11 Å². The van der Waals surface area contributed by atoms with Crippen LogP contribution in [-0.4, -0.2) is 86.5 Å². The Morgan fingerprint density at radius 2 is 2.00 bits per heavy atom. The van der Waals surface area contributed by atoms with Gasteiger partial charge in [0.15, 0.2) is 0 Å². The molecule has 0 aromatic heterocycles. The predicted molar refractivity (Wildman–Crippen MR) is 102 cm³/mol. The van der Waals surface area contributed by atoms with Crippen LogP contribution in [0.5, 0.6) is 0 Å². The minimum atomic E-state index is -1.32. The molecule has 30 heavy (non-hydrogen) atoms. The van der Waals surface area contributed by atoms with Crippen LogP contribution in [0.1, 0.15) is 26.2 Å². The molecule has 166 valence electrons. The number of nitrogens with one attached hydrogen (secondary N) is 2. The second-order valence-electron chi connectivity index (χ2n) is 6.52. The minimum absolute atomic E-state index is 0.0176. The summed E-state index contributed by atoms with van der Waals surface area (Å²) in [5.74, 6) is -3.45. The molecule has 1 saturated heterocycles. The minimum Gasteiger partial charge on any atom is -0.480 e. The SMILES string of the molecule is CCOC(=O)N[C@H](CCCC(=O)NC1C(=O)N2C(C(=O)O)=C(CO)CS[C@H]12)C(=O)O. The Hall–Kier alpha value is -2.80. The van der Waals surface area contributed by atoms with Gasteiger partial charge in [-0.25, -0.2) is 14.4 Å².